The lowest BCUT2D eigenvalue weighted by molar-refractivity contribution is 0.806. The van der Waals surface area contributed by atoms with E-state index < -0.39 is 0 Å². The first-order chi connectivity index (χ1) is 8.11. The van der Waals surface area contributed by atoms with Crippen molar-refractivity contribution >= 4 is 11.6 Å². The number of halogens is 1. The number of nitrogens with two attached hydrogens (primary N) is 1. The maximum atomic E-state index is 5.86. The molecule has 2 rings (SSSR count). The predicted molar refractivity (Wildman–Crippen MR) is 71.0 cm³/mol. The largest absolute Gasteiger partial charge is 0.341 e. The van der Waals surface area contributed by atoms with Gasteiger partial charge in [0.05, 0.1) is 11.4 Å². The highest BCUT2D eigenvalue weighted by Gasteiger charge is 2.13. The highest BCUT2D eigenvalue weighted by atomic mass is 35.5. The monoisotopic (exact) mass is 249 g/mol. The van der Waals surface area contributed by atoms with Crippen LogP contribution in [0.4, 0.5) is 0 Å². The van der Waals surface area contributed by atoms with Gasteiger partial charge in [0.1, 0.15) is 5.82 Å². The average Bonchev–Trinajstić information content (AvgIpc) is 2.74. The summed E-state index contributed by atoms with van der Waals surface area (Å²) in [7, 11) is 0. The van der Waals surface area contributed by atoms with E-state index in [1.807, 2.05) is 24.3 Å². The van der Waals surface area contributed by atoms with Crippen LogP contribution >= 0.6 is 11.6 Å². The van der Waals surface area contributed by atoms with Crippen LogP contribution in [0.2, 0.25) is 5.02 Å². The van der Waals surface area contributed by atoms with Gasteiger partial charge in [-0.25, -0.2) is 4.98 Å². The Morgan fingerprint density at radius 2 is 1.94 bits per heavy atom. The van der Waals surface area contributed by atoms with Crippen molar-refractivity contribution in [3.05, 3.63) is 40.7 Å². The van der Waals surface area contributed by atoms with Crippen LogP contribution in [0, 0.1) is 0 Å². The molecule has 0 atom stereocenters. The average molecular weight is 250 g/mol. The van der Waals surface area contributed by atoms with Crippen molar-refractivity contribution in [1.82, 2.24) is 9.97 Å². The highest BCUT2D eigenvalue weighted by Crippen LogP contribution is 2.24. The molecule has 0 bridgehead atoms. The molecule has 3 N–H and O–H groups in total. The standard InChI is InChI=1S/C13H16ClN3/c1-8(2)12-11(7-15)16-13(17-12)9-3-5-10(14)6-4-9/h3-6,8H,7,15H2,1-2H3,(H,16,17). The molecule has 0 fully saturated rings. The van der Waals surface area contributed by atoms with Gasteiger partial charge >= 0.3 is 0 Å². The number of rotatable bonds is 3. The molecule has 0 spiro atoms. The van der Waals surface area contributed by atoms with Gasteiger partial charge in [-0.05, 0) is 30.2 Å². The fourth-order valence-electron chi connectivity index (χ4n) is 1.80. The summed E-state index contributed by atoms with van der Waals surface area (Å²) in [5.41, 5.74) is 8.78. The lowest BCUT2D eigenvalue weighted by Gasteiger charge is -2.01. The Labute approximate surface area is 106 Å². The predicted octanol–water partition coefficient (Wildman–Crippen LogP) is 3.31. The summed E-state index contributed by atoms with van der Waals surface area (Å²) >= 11 is 5.86. The Hall–Kier alpha value is -1.32. The second-order valence-electron chi connectivity index (χ2n) is 4.31. The highest BCUT2D eigenvalue weighted by molar-refractivity contribution is 6.30. The summed E-state index contributed by atoms with van der Waals surface area (Å²) in [6.45, 7) is 4.70. The van der Waals surface area contributed by atoms with E-state index >= 15 is 0 Å². The quantitative estimate of drug-likeness (QED) is 0.877. The van der Waals surface area contributed by atoms with Crippen molar-refractivity contribution in [3.8, 4) is 11.4 Å². The zero-order valence-corrected chi connectivity index (χ0v) is 10.8. The Morgan fingerprint density at radius 1 is 1.29 bits per heavy atom. The van der Waals surface area contributed by atoms with Gasteiger partial charge < -0.3 is 10.7 Å². The van der Waals surface area contributed by atoms with Crippen LogP contribution in [0.15, 0.2) is 24.3 Å². The number of nitrogens with zero attached hydrogens (tertiary/aromatic N) is 1. The van der Waals surface area contributed by atoms with Crippen molar-refractivity contribution < 1.29 is 0 Å². The Balaban J connectivity index is 2.42. The number of imidazole rings is 1. The molecule has 0 aliphatic rings. The molecule has 1 aromatic carbocycles. The molecule has 0 saturated carbocycles. The lowest BCUT2D eigenvalue weighted by atomic mass is 10.1. The molecule has 0 radical (unpaired) electrons. The zero-order chi connectivity index (χ0) is 12.4. The second kappa shape index (κ2) is 4.90. The maximum Gasteiger partial charge on any atom is 0.137 e. The number of hydrogen-bond acceptors (Lipinski definition) is 2. The molecule has 2 aromatic rings. The van der Waals surface area contributed by atoms with E-state index in [4.69, 9.17) is 17.3 Å². The normalized spacial score (nSPS) is 11.1. The SMILES string of the molecule is CC(C)c1nc(-c2ccc(Cl)cc2)[nH]c1CN. The van der Waals surface area contributed by atoms with Gasteiger partial charge in [-0.3, -0.25) is 0 Å². The van der Waals surface area contributed by atoms with Gasteiger partial charge in [-0.1, -0.05) is 25.4 Å². The first-order valence-electron chi connectivity index (χ1n) is 5.66. The first kappa shape index (κ1) is 12.1. The van der Waals surface area contributed by atoms with E-state index in [1.165, 1.54) is 0 Å². The number of benzene rings is 1. The third kappa shape index (κ3) is 2.51. The molecule has 1 heterocycles. The summed E-state index contributed by atoms with van der Waals surface area (Å²) in [4.78, 5) is 7.87. The van der Waals surface area contributed by atoms with Crippen LogP contribution < -0.4 is 5.73 Å². The molecule has 90 valence electrons. The number of H-pyrrole nitrogens is 1. The van der Waals surface area contributed by atoms with E-state index in [0.29, 0.717) is 12.5 Å². The summed E-state index contributed by atoms with van der Waals surface area (Å²) in [6.07, 6.45) is 0. The molecule has 0 unspecified atom stereocenters. The molecular weight excluding hydrogens is 234 g/mol. The van der Waals surface area contributed by atoms with Gasteiger partial charge in [0.25, 0.3) is 0 Å². The number of hydrogen-bond donors (Lipinski definition) is 2. The van der Waals surface area contributed by atoms with E-state index in [1.54, 1.807) is 0 Å². The van der Waals surface area contributed by atoms with E-state index in [2.05, 4.69) is 23.8 Å². The van der Waals surface area contributed by atoms with Crippen molar-refractivity contribution in [1.29, 1.82) is 0 Å². The summed E-state index contributed by atoms with van der Waals surface area (Å²) in [5, 5.41) is 0.725. The molecule has 1 aromatic heterocycles. The first-order valence-corrected chi connectivity index (χ1v) is 6.04. The Morgan fingerprint density at radius 3 is 2.41 bits per heavy atom. The molecular formula is C13H16ClN3. The minimum absolute atomic E-state index is 0.367. The van der Waals surface area contributed by atoms with Crippen LogP contribution in [0.1, 0.15) is 31.2 Å². The fourth-order valence-corrected chi connectivity index (χ4v) is 1.93. The molecule has 0 saturated heterocycles. The van der Waals surface area contributed by atoms with Crippen LogP contribution in [0.5, 0.6) is 0 Å². The van der Waals surface area contributed by atoms with Crippen molar-refractivity contribution in [2.45, 2.75) is 26.3 Å². The summed E-state index contributed by atoms with van der Waals surface area (Å²) in [5.74, 6) is 1.22. The third-order valence-corrected chi connectivity index (χ3v) is 2.93. The minimum Gasteiger partial charge on any atom is -0.341 e. The molecule has 0 aliphatic carbocycles. The number of aromatic nitrogens is 2. The maximum absolute atomic E-state index is 5.86. The molecule has 3 nitrogen and oxygen atoms in total. The molecule has 17 heavy (non-hydrogen) atoms. The van der Waals surface area contributed by atoms with E-state index in [-0.39, 0.29) is 0 Å². The summed E-state index contributed by atoms with van der Waals surface area (Å²) in [6, 6.07) is 7.62. The van der Waals surface area contributed by atoms with Crippen molar-refractivity contribution in [2.24, 2.45) is 5.73 Å². The molecule has 0 aliphatic heterocycles. The molecule has 0 amide bonds. The number of nitrogens with one attached hydrogen (secondary N) is 1. The van der Waals surface area contributed by atoms with Gasteiger partial charge in [0.2, 0.25) is 0 Å². The Kier molecular flexibility index (Phi) is 3.50. The Bertz CT molecular complexity index is 500. The third-order valence-electron chi connectivity index (χ3n) is 2.68. The van der Waals surface area contributed by atoms with Crippen molar-refractivity contribution in [2.75, 3.05) is 0 Å². The zero-order valence-electron chi connectivity index (χ0n) is 10.00. The minimum atomic E-state index is 0.367. The van der Waals surface area contributed by atoms with Gasteiger partial charge in [-0.2, -0.15) is 0 Å². The topological polar surface area (TPSA) is 54.7 Å². The molecule has 4 heteroatoms. The second-order valence-corrected chi connectivity index (χ2v) is 4.75. The van der Waals surface area contributed by atoms with Crippen LogP contribution in [-0.4, -0.2) is 9.97 Å². The van der Waals surface area contributed by atoms with Crippen molar-refractivity contribution in [3.63, 3.8) is 0 Å². The van der Waals surface area contributed by atoms with Gasteiger partial charge in [0.15, 0.2) is 0 Å². The van der Waals surface area contributed by atoms with Gasteiger partial charge in [-0.15, -0.1) is 0 Å². The lowest BCUT2D eigenvalue weighted by Crippen LogP contribution is -2.02. The summed E-state index contributed by atoms with van der Waals surface area (Å²) < 4.78 is 0. The van der Waals surface area contributed by atoms with E-state index in [9.17, 15) is 0 Å². The smallest absolute Gasteiger partial charge is 0.137 e. The van der Waals surface area contributed by atoms with E-state index in [0.717, 1.165) is 27.8 Å². The van der Waals surface area contributed by atoms with Crippen LogP contribution in [0.3, 0.4) is 0 Å². The van der Waals surface area contributed by atoms with Crippen LogP contribution in [-0.2, 0) is 6.54 Å². The number of aromatic amines is 1. The van der Waals surface area contributed by atoms with Gasteiger partial charge in [0, 0.05) is 17.1 Å². The van der Waals surface area contributed by atoms with Crippen LogP contribution in [0.25, 0.3) is 11.4 Å². The fraction of sp³-hybridized carbons (Fsp3) is 0.308.